The first kappa shape index (κ1) is 14.0. The van der Waals surface area contributed by atoms with Crippen LogP contribution in [0.2, 0.25) is 0 Å². The van der Waals surface area contributed by atoms with Crippen LogP contribution in [-0.2, 0) is 17.6 Å². The number of carbonyl (C=O) groups is 2. The molecule has 2 aliphatic rings. The lowest BCUT2D eigenvalue weighted by molar-refractivity contribution is -0.128. The smallest absolute Gasteiger partial charge is 0.336 e. The Morgan fingerprint density at radius 3 is 2.71 bits per heavy atom. The number of amides is 2. The third-order valence-corrected chi connectivity index (χ3v) is 4.15. The van der Waals surface area contributed by atoms with Gasteiger partial charge in [-0.2, -0.15) is 0 Å². The summed E-state index contributed by atoms with van der Waals surface area (Å²) in [6.45, 7) is 2.34. The Morgan fingerprint density at radius 1 is 1.29 bits per heavy atom. The van der Waals surface area contributed by atoms with Gasteiger partial charge in [-0.15, -0.1) is 0 Å². The summed E-state index contributed by atoms with van der Waals surface area (Å²) in [4.78, 5) is 37.5. The van der Waals surface area contributed by atoms with Crippen molar-refractivity contribution in [1.82, 2.24) is 4.90 Å². The summed E-state index contributed by atoms with van der Waals surface area (Å²) < 4.78 is 5.11. The molecule has 5 heteroatoms. The molecule has 2 amide bonds. The molecule has 0 saturated heterocycles. The molecule has 1 saturated carbocycles. The molecule has 0 unspecified atom stereocenters. The Balaban J connectivity index is 1.97. The summed E-state index contributed by atoms with van der Waals surface area (Å²) in [5.41, 5.74) is 0.721. The maximum absolute atomic E-state index is 12.6. The van der Waals surface area contributed by atoms with E-state index in [9.17, 15) is 14.4 Å². The van der Waals surface area contributed by atoms with Crippen LogP contribution in [0.3, 0.4) is 0 Å². The van der Waals surface area contributed by atoms with Crippen LogP contribution in [0.15, 0.2) is 15.3 Å². The minimum absolute atomic E-state index is 0.00752. The van der Waals surface area contributed by atoms with Crippen LogP contribution in [0.1, 0.15) is 54.3 Å². The molecule has 1 aliphatic carbocycles. The molecule has 1 aliphatic heterocycles. The normalized spacial score (nSPS) is 18.0. The van der Waals surface area contributed by atoms with Crippen molar-refractivity contribution in [2.24, 2.45) is 5.92 Å². The van der Waals surface area contributed by atoms with Crippen molar-refractivity contribution in [2.75, 3.05) is 6.54 Å². The van der Waals surface area contributed by atoms with Gasteiger partial charge in [-0.05, 0) is 30.7 Å². The van der Waals surface area contributed by atoms with Gasteiger partial charge < -0.3 is 4.42 Å². The average molecular weight is 289 g/mol. The average Bonchev–Trinajstić information content (AvgIpc) is 3.24. The highest BCUT2D eigenvalue weighted by Crippen LogP contribution is 2.34. The number of hydrogen-bond acceptors (Lipinski definition) is 4. The highest BCUT2D eigenvalue weighted by atomic mass is 16.4. The van der Waals surface area contributed by atoms with Crippen LogP contribution < -0.4 is 5.63 Å². The van der Waals surface area contributed by atoms with Gasteiger partial charge in [0.05, 0.1) is 12.0 Å². The van der Waals surface area contributed by atoms with Crippen LogP contribution in [-0.4, -0.2) is 23.3 Å². The third-order valence-electron chi connectivity index (χ3n) is 4.15. The van der Waals surface area contributed by atoms with E-state index in [2.05, 4.69) is 0 Å². The van der Waals surface area contributed by atoms with E-state index in [1.54, 1.807) is 0 Å². The largest absolute Gasteiger partial charge is 0.426 e. The van der Waals surface area contributed by atoms with Crippen molar-refractivity contribution in [1.29, 1.82) is 0 Å². The van der Waals surface area contributed by atoms with E-state index in [4.69, 9.17) is 4.42 Å². The van der Waals surface area contributed by atoms with E-state index in [0.717, 1.165) is 24.3 Å². The van der Waals surface area contributed by atoms with E-state index in [-0.39, 0.29) is 24.0 Å². The van der Waals surface area contributed by atoms with Crippen molar-refractivity contribution in [3.63, 3.8) is 0 Å². The van der Waals surface area contributed by atoms with Crippen molar-refractivity contribution in [3.8, 4) is 0 Å². The van der Waals surface area contributed by atoms with E-state index < -0.39 is 5.63 Å². The SMILES string of the molecule is CCCN1C(=O)Cc2oc(=O)cc(CCC3CC3)c2C1=O. The van der Waals surface area contributed by atoms with Crippen molar-refractivity contribution < 1.29 is 14.0 Å². The number of imide groups is 1. The molecule has 2 heterocycles. The van der Waals surface area contributed by atoms with Crippen LogP contribution in [0.4, 0.5) is 0 Å². The monoisotopic (exact) mass is 289 g/mol. The zero-order chi connectivity index (χ0) is 15.0. The van der Waals surface area contributed by atoms with Gasteiger partial charge in [0, 0.05) is 12.6 Å². The zero-order valence-electron chi connectivity index (χ0n) is 12.2. The fourth-order valence-electron chi connectivity index (χ4n) is 2.87. The molecule has 5 nitrogen and oxygen atoms in total. The van der Waals surface area contributed by atoms with Crippen molar-refractivity contribution >= 4 is 11.8 Å². The molecule has 0 N–H and O–H groups in total. The fraction of sp³-hybridized carbons (Fsp3) is 0.562. The van der Waals surface area contributed by atoms with Gasteiger partial charge in [0.1, 0.15) is 5.76 Å². The van der Waals surface area contributed by atoms with E-state index in [1.165, 1.54) is 23.8 Å². The van der Waals surface area contributed by atoms with Gasteiger partial charge in [0.2, 0.25) is 5.91 Å². The lowest BCUT2D eigenvalue weighted by Gasteiger charge is -2.26. The van der Waals surface area contributed by atoms with Crippen LogP contribution in [0.5, 0.6) is 0 Å². The Bertz CT molecular complexity index is 642. The molecule has 1 fully saturated rings. The molecule has 112 valence electrons. The van der Waals surface area contributed by atoms with Gasteiger partial charge in [-0.1, -0.05) is 19.8 Å². The minimum Gasteiger partial charge on any atom is -0.426 e. The molecule has 1 aromatic rings. The second kappa shape index (κ2) is 5.47. The number of rotatable bonds is 5. The topological polar surface area (TPSA) is 67.6 Å². The molecule has 0 bridgehead atoms. The molecule has 1 aromatic heterocycles. The summed E-state index contributed by atoms with van der Waals surface area (Å²) >= 11 is 0. The zero-order valence-corrected chi connectivity index (χ0v) is 12.2. The number of fused-ring (bicyclic) bond motifs is 1. The molecular formula is C16H19NO4. The number of hydrogen-bond donors (Lipinski definition) is 0. The summed E-state index contributed by atoms with van der Waals surface area (Å²) in [5.74, 6) is 0.380. The Morgan fingerprint density at radius 2 is 2.05 bits per heavy atom. The first-order valence-corrected chi connectivity index (χ1v) is 7.60. The third kappa shape index (κ3) is 2.77. The predicted octanol–water partition coefficient (Wildman–Crippen LogP) is 1.92. The van der Waals surface area contributed by atoms with Crippen molar-refractivity contribution in [2.45, 2.75) is 45.4 Å². The predicted molar refractivity (Wildman–Crippen MR) is 76.1 cm³/mol. The van der Waals surface area contributed by atoms with Gasteiger partial charge >= 0.3 is 5.63 Å². The molecule has 0 aromatic carbocycles. The lowest BCUT2D eigenvalue weighted by Crippen LogP contribution is -2.43. The summed E-state index contributed by atoms with van der Waals surface area (Å²) in [7, 11) is 0. The maximum Gasteiger partial charge on any atom is 0.336 e. The Hall–Kier alpha value is -1.91. The highest BCUT2D eigenvalue weighted by Gasteiger charge is 2.34. The summed E-state index contributed by atoms with van der Waals surface area (Å²) in [6.07, 6.45) is 4.90. The van der Waals surface area contributed by atoms with Gasteiger partial charge in [-0.3, -0.25) is 14.5 Å². The van der Waals surface area contributed by atoms with Crippen LogP contribution >= 0.6 is 0 Å². The number of carbonyl (C=O) groups excluding carboxylic acids is 2. The van der Waals surface area contributed by atoms with Gasteiger partial charge in [0.25, 0.3) is 5.91 Å². The van der Waals surface area contributed by atoms with E-state index in [0.29, 0.717) is 18.5 Å². The van der Waals surface area contributed by atoms with Crippen molar-refractivity contribution in [3.05, 3.63) is 33.4 Å². The standard InChI is InChI=1S/C16H19NO4/c1-2-7-17-13(18)9-12-15(16(17)20)11(8-14(19)21-12)6-5-10-3-4-10/h8,10H,2-7,9H2,1H3. The molecule has 21 heavy (non-hydrogen) atoms. The molecule has 0 atom stereocenters. The van der Waals surface area contributed by atoms with Gasteiger partial charge in [-0.25, -0.2) is 4.79 Å². The minimum atomic E-state index is -0.468. The van der Waals surface area contributed by atoms with Crippen LogP contribution in [0, 0.1) is 5.92 Å². The Kier molecular flexibility index (Phi) is 3.66. The maximum atomic E-state index is 12.6. The van der Waals surface area contributed by atoms with E-state index >= 15 is 0 Å². The van der Waals surface area contributed by atoms with Crippen LogP contribution in [0.25, 0.3) is 0 Å². The second-order valence-corrected chi connectivity index (χ2v) is 5.90. The summed E-state index contributed by atoms with van der Waals surface area (Å²) in [6, 6.07) is 1.42. The molecule has 0 spiro atoms. The van der Waals surface area contributed by atoms with E-state index in [1.807, 2.05) is 6.92 Å². The first-order chi connectivity index (χ1) is 10.1. The summed E-state index contributed by atoms with van der Waals surface area (Å²) in [5, 5.41) is 0. The first-order valence-electron chi connectivity index (χ1n) is 7.60. The fourth-order valence-corrected chi connectivity index (χ4v) is 2.87. The number of nitrogens with zero attached hydrogens (tertiary/aromatic N) is 1. The van der Waals surface area contributed by atoms with Gasteiger partial charge in [0.15, 0.2) is 0 Å². The highest BCUT2D eigenvalue weighted by molar-refractivity contribution is 6.09. The molecular weight excluding hydrogens is 270 g/mol. The number of aryl methyl sites for hydroxylation is 1. The molecule has 3 rings (SSSR count). The Labute approximate surface area is 122 Å². The lowest BCUT2D eigenvalue weighted by atomic mass is 9.96. The quantitative estimate of drug-likeness (QED) is 0.777. The second-order valence-electron chi connectivity index (χ2n) is 5.90. The molecule has 0 radical (unpaired) electrons.